The molecular formula is C25H32N2O4. The van der Waals surface area contributed by atoms with Crippen molar-refractivity contribution in [2.45, 2.75) is 76.9 Å². The minimum Gasteiger partial charge on any atom is -0.479 e. The van der Waals surface area contributed by atoms with Gasteiger partial charge in [0.25, 0.3) is 5.91 Å². The van der Waals surface area contributed by atoms with E-state index in [-0.39, 0.29) is 29.7 Å². The van der Waals surface area contributed by atoms with E-state index in [1.165, 1.54) is 24.2 Å². The topological polar surface area (TPSA) is 75.7 Å². The van der Waals surface area contributed by atoms with Crippen LogP contribution in [0.2, 0.25) is 0 Å². The second-order valence-corrected chi connectivity index (χ2v) is 10.3. The zero-order valence-corrected chi connectivity index (χ0v) is 18.5. The van der Waals surface area contributed by atoms with Crippen molar-refractivity contribution >= 4 is 23.3 Å². The van der Waals surface area contributed by atoms with Gasteiger partial charge in [-0.05, 0) is 87.8 Å². The Bertz CT molecular complexity index is 889. The number of nitrogens with zero attached hydrogens (tertiary/aromatic N) is 1. The molecule has 6 heteroatoms. The van der Waals surface area contributed by atoms with E-state index in [1.54, 1.807) is 25.1 Å². The van der Waals surface area contributed by atoms with Crippen LogP contribution in [0.4, 0.5) is 5.69 Å². The fourth-order valence-electron chi connectivity index (χ4n) is 6.86. The smallest absolute Gasteiger partial charge is 0.268 e. The van der Waals surface area contributed by atoms with Crippen LogP contribution in [0.1, 0.15) is 75.6 Å². The molecule has 6 nitrogen and oxygen atoms in total. The summed E-state index contributed by atoms with van der Waals surface area (Å²) in [6.45, 7) is 3.63. The molecular weight excluding hydrogens is 392 g/mol. The lowest BCUT2D eigenvalue weighted by atomic mass is 9.53. The highest BCUT2D eigenvalue weighted by molar-refractivity contribution is 6.05. The Morgan fingerprint density at radius 1 is 1.13 bits per heavy atom. The van der Waals surface area contributed by atoms with Crippen molar-refractivity contribution in [3.63, 3.8) is 0 Å². The molecule has 1 atom stereocenters. The summed E-state index contributed by atoms with van der Waals surface area (Å²) in [7, 11) is 0. The van der Waals surface area contributed by atoms with Crippen molar-refractivity contribution in [1.82, 2.24) is 5.32 Å². The standard InChI is InChI=1S/C25H32N2O4/c1-3-4-21(28)19-5-6-22-20(10-19)27(24(30)15(2)31-22)14-23(29)26-25-11-16-7-17(12-25)9-18(8-16)13-25/h5-6,10,15-18H,3-4,7-9,11-14H2,1-2H3,(H,26,29). The van der Waals surface area contributed by atoms with Crippen LogP contribution < -0.4 is 15.0 Å². The monoisotopic (exact) mass is 424 g/mol. The van der Waals surface area contributed by atoms with Gasteiger partial charge in [-0.15, -0.1) is 0 Å². The summed E-state index contributed by atoms with van der Waals surface area (Å²) in [5, 5.41) is 3.36. The number of carbonyl (C=O) groups excluding carboxylic acids is 3. The fraction of sp³-hybridized carbons (Fsp3) is 0.640. The summed E-state index contributed by atoms with van der Waals surface area (Å²) >= 11 is 0. The van der Waals surface area contributed by atoms with Gasteiger partial charge in [-0.1, -0.05) is 6.92 Å². The Kier molecular flexibility index (Phi) is 5.06. The van der Waals surface area contributed by atoms with Gasteiger partial charge in [0.05, 0.1) is 5.69 Å². The molecule has 4 aliphatic carbocycles. The maximum Gasteiger partial charge on any atom is 0.268 e. The first-order chi connectivity index (χ1) is 14.9. The molecule has 31 heavy (non-hydrogen) atoms. The van der Waals surface area contributed by atoms with Gasteiger partial charge in [0.1, 0.15) is 12.3 Å². The van der Waals surface area contributed by atoms with Crippen molar-refractivity contribution in [2.24, 2.45) is 17.8 Å². The maximum absolute atomic E-state index is 13.2. The normalized spacial score (nSPS) is 33.1. The SMILES string of the molecule is CCCC(=O)c1ccc2c(c1)N(CC(=O)NC13CC4CC(CC(C4)C1)C3)C(=O)C(C)O2. The molecule has 0 saturated heterocycles. The van der Waals surface area contributed by atoms with E-state index in [0.717, 1.165) is 43.4 Å². The third-order valence-electron chi connectivity index (χ3n) is 7.71. The molecule has 2 amide bonds. The first-order valence-corrected chi connectivity index (χ1v) is 11.8. The molecule has 1 aromatic carbocycles. The van der Waals surface area contributed by atoms with Crippen LogP contribution in [-0.4, -0.2) is 35.8 Å². The number of Topliss-reactive ketones (excluding diaryl/α,β-unsaturated/α-hetero) is 1. The van der Waals surface area contributed by atoms with Crippen molar-refractivity contribution in [3.8, 4) is 5.75 Å². The highest BCUT2D eigenvalue weighted by atomic mass is 16.5. The number of carbonyl (C=O) groups is 3. The Morgan fingerprint density at radius 3 is 2.39 bits per heavy atom. The van der Waals surface area contributed by atoms with E-state index in [2.05, 4.69) is 5.32 Å². The van der Waals surface area contributed by atoms with E-state index in [4.69, 9.17) is 4.74 Å². The van der Waals surface area contributed by atoms with E-state index in [1.807, 2.05) is 6.92 Å². The highest BCUT2D eigenvalue weighted by Gasteiger charge is 2.51. The predicted octanol–water partition coefficient (Wildman–Crippen LogP) is 3.87. The predicted molar refractivity (Wildman–Crippen MR) is 117 cm³/mol. The summed E-state index contributed by atoms with van der Waals surface area (Å²) in [4.78, 5) is 40.0. The number of hydrogen-bond donors (Lipinski definition) is 1. The largest absolute Gasteiger partial charge is 0.479 e. The third kappa shape index (κ3) is 3.74. The van der Waals surface area contributed by atoms with Crippen LogP contribution >= 0.6 is 0 Å². The number of rotatable bonds is 6. The minimum atomic E-state index is -0.656. The number of benzene rings is 1. The van der Waals surface area contributed by atoms with E-state index in [9.17, 15) is 14.4 Å². The van der Waals surface area contributed by atoms with Crippen molar-refractivity contribution in [1.29, 1.82) is 0 Å². The average Bonchev–Trinajstić information content (AvgIpc) is 2.70. The van der Waals surface area contributed by atoms with Gasteiger partial charge in [-0.2, -0.15) is 0 Å². The second kappa shape index (κ2) is 7.64. The van der Waals surface area contributed by atoms with Gasteiger partial charge >= 0.3 is 0 Å². The summed E-state index contributed by atoms with van der Waals surface area (Å²) in [6.07, 6.45) is 7.73. The number of ketones is 1. The first kappa shape index (κ1) is 20.5. The van der Waals surface area contributed by atoms with Gasteiger partial charge in [-0.3, -0.25) is 19.3 Å². The van der Waals surface area contributed by atoms with Crippen LogP contribution in [0.15, 0.2) is 18.2 Å². The highest BCUT2D eigenvalue weighted by Crippen LogP contribution is 2.55. The molecule has 1 N–H and O–H groups in total. The van der Waals surface area contributed by atoms with Crippen LogP contribution in [0.5, 0.6) is 5.75 Å². The van der Waals surface area contributed by atoms with Crippen LogP contribution in [0.25, 0.3) is 0 Å². The van der Waals surface area contributed by atoms with Crippen molar-refractivity contribution in [2.75, 3.05) is 11.4 Å². The van der Waals surface area contributed by atoms with Crippen molar-refractivity contribution < 1.29 is 19.1 Å². The summed E-state index contributed by atoms with van der Waals surface area (Å²) in [5.74, 6) is 2.45. The fourth-order valence-corrected chi connectivity index (χ4v) is 6.86. The Hall–Kier alpha value is -2.37. The van der Waals surface area contributed by atoms with E-state index < -0.39 is 6.10 Å². The average molecular weight is 425 g/mol. The van der Waals surface area contributed by atoms with E-state index >= 15 is 0 Å². The number of hydrogen-bond acceptors (Lipinski definition) is 4. The lowest BCUT2D eigenvalue weighted by molar-refractivity contribution is -0.130. The zero-order chi connectivity index (χ0) is 21.8. The molecule has 1 aliphatic heterocycles. The Labute approximate surface area is 183 Å². The van der Waals surface area contributed by atoms with Gasteiger partial charge in [0, 0.05) is 17.5 Å². The molecule has 5 aliphatic rings. The molecule has 1 aromatic rings. The van der Waals surface area contributed by atoms with Gasteiger partial charge in [0.2, 0.25) is 5.91 Å². The summed E-state index contributed by atoms with van der Waals surface area (Å²) < 4.78 is 5.75. The van der Waals surface area contributed by atoms with E-state index in [0.29, 0.717) is 23.4 Å². The molecule has 6 rings (SSSR count). The first-order valence-electron chi connectivity index (χ1n) is 11.8. The van der Waals surface area contributed by atoms with Gasteiger partial charge in [-0.25, -0.2) is 0 Å². The van der Waals surface area contributed by atoms with Crippen LogP contribution in [0.3, 0.4) is 0 Å². The van der Waals surface area contributed by atoms with Crippen molar-refractivity contribution in [3.05, 3.63) is 23.8 Å². The quantitative estimate of drug-likeness (QED) is 0.704. The lowest BCUT2D eigenvalue weighted by Gasteiger charge is -2.57. The Morgan fingerprint density at radius 2 is 1.77 bits per heavy atom. The number of anilines is 1. The molecule has 1 heterocycles. The number of fused-ring (bicyclic) bond motifs is 1. The number of amides is 2. The number of ether oxygens (including phenoxy) is 1. The second-order valence-electron chi connectivity index (χ2n) is 10.3. The lowest BCUT2D eigenvalue weighted by Crippen LogP contribution is -2.61. The molecule has 4 bridgehead atoms. The zero-order valence-electron chi connectivity index (χ0n) is 18.5. The molecule has 166 valence electrons. The molecule has 4 saturated carbocycles. The van der Waals surface area contributed by atoms with Crippen LogP contribution in [-0.2, 0) is 9.59 Å². The van der Waals surface area contributed by atoms with Gasteiger partial charge < -0.3 is 10.1 Å². The molecule has 1 unspecified atom stereocenters. The minimum absolute atomic E-state index is 0.0350. The van der Waals surface area contributed by atoms with Gasteiger partial charge in [0.15, 0.2) is 11.9 Å². The molecule has 0 radical (unpaired) electrons. The molecule has 4 fully saturated rings. The summed E-state index contributed by atoms with van der Waals surface area (Å²) in [6, 6.07) is 5.19. The third-order valence-corrected chi connectivity index (χ3v) is 7.71. The van der Waals surface area contributed by atoms with Crippen LogP contribution in [0, 0.1) is 17.8 Å². The summed E-state index contributed by atoms with van der Waals surface area (Å²) in [5.41, 5.74) is 0.984. The maximum atomic E-state index is 13.2. The molecule has 0 aromatic heterocycles. The number of nitrogens with one attached hydrogen (secondary N) is 1. The Balaban J connectivity index is 1.36. The molecule has 0 spiro atoms.